The second-order valence-electron chi connectivity index (χ2n) is 20.1. The number of hydrogen-bond acceptors (Lipinski definition) is 14. The van der Waals surface area contributed by atoms with Gasteiger partial charge < -0.3 is 50.6 Å². The largest absolute Gasteiger partial charge is 0.490 e. The lowest BCUT2D eigenvalue weighted by Gasteiger charge is -2.60. The van der Waals surface area contributed by atoms with E-state index in [1.54, 1.807) is 0 Å². The number of ether oxygens (including phenoxy) is 4. The first-order valence-corrected chi connectivity index (χ1v) is 26.1. The van der Waals surface area contributed by atoms with Crippen LogP contribution in [0.4, 0.5) is 13.2 Å². The van der Waals surface area contributed by atoms with E-state index in [4.69, 9.17) is 40.3 Å². The van der Waals surface area contributed by atoms with Gasteiger partial charge in [-0.3, -0.25) is 25.1 Å². The summed E-state index contributed by atoms with van der Waals surface area (Å²) in [5, 5.41) is 36.5. The third kappa shape index (κ3) is 14.8. The summed E-state index contributed by atoms with van der Waals surface area (Å²) in [6.45, 7) is 7.26. The minimum absolute atomic E-state index is 0.0506. The van der Waals surface area contributed by atoms with Crippen molar-refractivity contribution >= 4 is 17.8 Å². The molecule has 392 valence electrons. The van der Waals surface area contributed by atoms with Gasteiger partial charge in [-0.25, -0.2) is 4.79 Å². The average molecular weight is 975 g/mol. The Labute approximate surface area is 402 Å². The van der Waals surface area contributed by atoms with Crippen molar-refractivity contribution in [1.82, 2.24) is 20.4 Å². The molecule has 19 heteroatoms. The number of aliphatic hydroxyl groups excluding tert-OH is 1. The second-order valence-corrected chi connectivity index (χ2v) is 20.1. The molecule has 6 saturated heterocycles. The van der Waals surface area contributed by atoms with Crippen molar-refractivity contribution in [3.63, 3.8) is 0 Å². The number of aliphatic hydroxyl groups is 2. The summed E-state index contributed by atoms with van der Waals surface area (Å²) in [7, 11) is 0. The third-order valence-corrected chi connectivity index (χ3v) is 14.9. The van der Waals surface area contributed by atoms with Gasteiger partial charge in [0.2, 0.25) is 5.79 Å². The molecule has 6 heterocycles. The summed E-state index contributed by atoms with van der Waals surface area (Å²) < 4.78 is 57.5. The Hall–Kier alpha value is -2.46. The van der Waals surface area contributed by atoms with Gasteiger partial charge in [0.1, 0.15) is 35.9 Å². The number of rotatable bonds is 24. The number of unbranched alkanes of at least 4 members (excludes halogenated alkanes) is 10. The third-order valence-electron chi connectivity index (χ3n) is 14.9. The molecule has 0 bridgehead atoms. The minimum atomic E-state index is -5.08. The lowest BCUT2D eigenvalue weighted by atomic mass is 9.79. The molecule has 6 fully saturated rings. The van der Waals surface area contributed by atoms with Crippen molar-refractivity contribution in [3.05, 3.63) is 12.2 Å². The van der Waals surface area contributed by atoms with Crippen LogP contribution in [0.15, 0.2) is 12.2 Å². The van der Waals surface area contributed by atoms with E-state index in [0.29, 0.717) is 25.4 Å². The molecular weight excluding hydrogens is 890 g/mol. The van der Waals surface area contributed by atoms with E-state index in [1.165, 1.54) is 37.0 Å². The van der Waals surface area contributed by atoms with Crippen molar-refractivity contribution in [1.29, 1.82) is 0 Å². The number of halogens is 3. The summed E-state index contributed by atoms with van der Waals surface area (Å²) in [5.74, 6) is -5.35. The predicted octanol–water partition coefficient (Wildman–Crippen LogP) is 6.40. The predicted molar refractivity (Wildman–Crippen MR) is 249 cm³/mol. The van der Waals surface area contributed by atoms with E-state index < -0.39 is 36.0 Å². The first-order valence-electron chi connectivity index (χ1n) is 26.1. The first-order chi connectivity index (χ1) is 32.4. The molecule has 0 aromatic carbocycles. The van der Waals surface area contributed by atoms with E-state index in [1.807, 2.05) is 0 Å². The summed E-state index contributed by atoms with van der Waals surface area (Å²) in [6.07, 6.45) is 21.2. The van der Waals surface area contributed by atoms with Gasteiger partial charge in [0.05, 0.1) is 12.2 Å². The summed E-state index contributed by atoms with van der Waals surface area (Å²) in [6, 6.07) is 0.435. The number of nitrogens with one attached hydrogen (secondary N) is 2. The number of nitrogens with zero attached hydrogens (tertiary/aromatic N) is 2. The fourth-order valence-electron chi connectivity index (χ4n) is 11.5. The number of alkyl halides is 3. The number of carbonyl (C=O) groups is 3. The zero-order valence-corrected chi connectivity index (χ0v) is 41.0. The molecule has 68 heavy (non-hydrogen) atoms. The number of hydrogen-bond donors (Lipinski definition) is 7. The summed E-state index contributed by atoms with van der Waals surface area (Å²) >= 11 is 0. The number of aliphatic carboxylic acids is 1. The minimum Gasteiger partial charge on any atom is -0.475 e. The van der Waals surface area contributed by atoms with Crippen LogP contribution in [0.5, 0.6) is 0 Å². The van der Waals surface area contributed by atoms with Crippen LogP contribution in [0.1, 0.15) is 181 Å². The van der Waals surface area contributed by atoms with Gasteiger partial charge in [0.15, 0.2) is 6.23 Å². The van der Waals surface area contributed by atoms with Gasteiger partial charge in [-0.05, 0) is 103 Å². The number of amides is 1. The number of esters is 1. The van der Waals surface area contributed by atoms with Crippen LogP contribution in [0.3, 0.4) is 0 Å². The van der Waals surface area contributed by atoms with Crippen LogP contribution >= 0.6 is 0 Å². The number of carboxylic acids is 1. The standard InChI is InChI=1S/C47H84N6O8.C2HF3O2/c1-4-6-21-37-26-28-45(60-37)33-35-24-25-38-40(46(27-18-20-34(3)59-46)51-44(50-45)53(35)38)42(55)58-36(5-2)22-16-14-12-10-8-7-9-11-13-15-17-23-39-41(54)52(32-19-30-48)43(56)47(57,61-39)29-31-49;3-2(4,5)1(6)7/h6,21,34-40,43-44,50-51,56-57H,4-5,7-20,22-33,48-49H2,1-3H3;(H,6,7)/b21-6+;/t34-,35+,36?,37+,38-,39-,40-,43-,44?,45+,46-,47+;/m0./s1. The van der Waals surface area contributed by atoms with Crippen molar-refractivity contribution in [2.24, 2.45) is 17.4 Å². The molecule has 0 aliphatic carbocycles. The van der Waals surface area contributed by atoms with Crippen molar-refractivity contribution in [2.45, 2.75) is 254 Å². The second kappa shape index (κ2) is 26.3. The molecule has 2 spiro atoms. The molecule has 0 saturated carbocycles. The Morgan fingerprint density at radius 3 is 2.18 bits per heavy atom. The van der Waals surface area contributed by atoms with Gasteiger partial charge in [0.25, 0.3) is 5.91 Å². The fraction of sp³-hybridized carbons (Fsp3) is 0.898. The van der Waals surface area contributed by atoms with Crippen LogP contribution in [0.25, 0.3) is 0 Å². The highest BCUT2D eigenvalue weighted by Gasteiger charge is 2.64. The Kier molecular flexibility index (Phi) is 21.8. The number of carbonyl (C=O) groups excluding carboxylic acids is 2. The highest BCUT2D eigenvalue weighted by atomic mass is 19.4. The molecule has 6 aliphatic heterocycles. The maximum Gasteiger partial charge on any atom is 0.490 e. The fourth-order valence-corrected chi connectivity index (χ4v) is 11.5. The lowest BCUT2D eigenvalue weighted by molar-refractivity contribution is -0.325. The Morgan fingerprint density at radius 1 is 0.912 bits per heavy atom. The first kappa shape index (κ1) is 56.5. The quantitative estimate of drug-likeness (QED) is 0.0315. The number of morpholine rings is 1. The zero-order valence-electron chi connectivity index (χ0n) is 41.0. The van der Waals surface area contributed by atoms with Crippen LogP contribution in [-0.2, 0) is 33.3 Å². The molecule has 9 N–H and O–H groups in total. The lowest BCUT2D eigenvalue weighted by Crippen LogP contribution is -2.81. The molecule has 1 amide bonds. The molecule has 6 aliphatic rings. The van der Waals surface area contributed by atoms with Gasteiger partial charge in [0, 0.05) is 31.5 Å². The smallest absolute Gasteiger partial charge is 0.475 e. The highest BCUT2D eigenvalue weighted by Crippen LogP contribution is 2.50. The Balaban J connectivity index is 0.00000114. The van der Waals surface area contributed by atoms with Gasteiger partial charge in [-0.2, -0.15) is 13.2 Å². The molecule has 0 aromatic heterocycles. The topological polar surface area (TPSA) is 231 Å². The highest BCUT2D eigenvalue weighted by molar-refractivity contribution is 5.82. The number of carboxylic acid groups (broad SMARTS) is 1. The van der Waals surface area contributed by atoms with E-state index in [0.717, 1.165) is 109 Å². The number of nitrogens with two attached hydrogens (primary N) is 2. The molecular formula is C49H85F3N6O10. The van der Waals surface area contributed by atoms with Gasteiger partial charge in [-0.1, -0.05) is 90.2 Å². The summed E-state index contributed by atoms with van der Waals surface area (Å²) in [4.78, 5) is 40.2. The normalized spacial score (nSPS) is 34.3. The van der Waals surface area contributed by atoms with Crippen molar-refractivity contribution in [3.8, 4) is 0 Å². The van der Waals surface area contributed by atoms with E-state index in [-0.39, 0.29) is 73.7 Å². The van der Waals surface area contributed by atoms with Crippen molar-refractivity contribution in [2.75, 3.05) is 19.6 Å². The molecule has 0 radical (unpaired) electrons. The average Bonchev–Trinajstić information content (AvgIpc) is 3.89. The van der Waals surface area contributed by atoms with Crippen LogP contribution in [0.2, 0.25) is 0 Å². The SMILES string of the molecule is CC/C=C/[C@@H]1CC[C@]2(C[C@H]3CC[C@H]4[C@@H](C(=O)OC(CC)CCCCCCCCCCCCC[C@@H]5O[C@](O)(CCN)[C@H](O)N(CCCN)C5=O)[C@@]5(CCC[C@H](C)O5)NC(N2)N34)O1.O=C(O)C(F)(F)F. The van der Waals surface area contributed by atoms with Crippen LogP contribution < -0.4 is 22.1 Å². The molecule has 6 rings (SSSR count). The maximum atomic E-state index is 14.4. The monoisotopic (exact) mass is 975 g/mol. The molecule has 0 aromatic rings. The zero-order chi connectivity index (χ0) is 49.5. The Morgan fingerprint density at radius 2 is 1.57 bits per heavy atom. The van der Waals surface area contributed by atoms with Crippen molar-refractivity contribution < 1.29 is 61.8 Å². The van der Waals surface area contributed by atoms with Crippen LogP contribution in [-0.4, -0.2) is 135 Å². The summed E-state index contributed by atoms with van der Waals surface area (Å²) in [5.41, 5.74) is 10.2. The number of allylic oxidation sites excluding steroid dienone is 1. The molecule has 2 unspecified atom stereocenters. The Bertz CT molecular complexity index is 1620. The van der Waals surface area contributed by atoms with E-state index in [2.05, 4.69) is 48.5 Å². The van der Waals surface area contributed by atoms with E-state index >= 15 is 0 Å². The van der Waals surface area contributed by atoms with E-state index in [9.17, 15) is 33.0 Å². The molecule has 16 nitrogen and oxygen atoms in total. The molecule has 12 atom stereocenters. The van der Waals surface area contributed by atoms with Gasteiger partial charge >= 0.3 is 18.1 Å². The van der Waals surface area contributed by atoms with Crippen LogP contribution in [0, 0.1) is 5.92 Å². The maximum absolute atomic E-state index is 14.4. The van der Waals surface area contributed by atoms with Gasteiger partial charge in [-0.15, -0.1) is 0 Å².